The predicted octanol–water partition coefficient (Wildman–Crippen LogP) is 0.376. The number of nitrogens with one attached hydrogen (secondary N) is 6. The van der Waals surface area contributed by atoms with E-state index in [2.05, 4.69) is 26.3 Å². The molecule has 15 heteroatoms. The number of hydrogen-bond donors (Lipinski definition) is 8. The summed E-state index contributed by atoms with van der Waals surface area (Å²) < 4.78 is 0.857. The first-order valence-electron chi connectivity index (χ1n) is 14.0. The molecule has 0 saturated carbocycles. The molecule has 0 unspecified atom stereocenters. The van der Waals surface area contributed by atoms with Crippen molar-refractivity contribution in [3.05, 3.63) is 29.3 Å². The number of guanidine groups is 2. The highest BCUT2D eigenvalue weighted by atomic mass is 32.1. The highest BCUT2D eigenvalue weighted by molar-refractivity contribution is 7.20. The molecular weight excluding hydrogens is 560 g/mol. The van der Waals surface area contributed by atoms with E-state index in [4.69, 9.17) is 22.3 Å². The van der Waals surface area contributed by atoms with E-state index in [0.717, 1.165) is 11.1 Å². The van der Waals surface area contributed by atoms with Crippen LogP contribution < -0.4 is 32.7 Å². The van der Waals surface area contributed by atoms with Gasteiger partial charge in [-0.05, 0) is 57.1 Å². The molecule has 3 rings (SSSR count). The number of rotatable bonds is 14. The first-order chi connectivity index (χ1) is 20.1. The number of fused-ring (bicyclic) bond motifs is 1. The minimum atomic E-state index is -0.894. The minimum Gasteiger partial charge on any atom is -0.370 e. The fourth-order valence-corrected chi connectivity index (χ4v) is 5.85. The number of nitrogens with zero attached hydrogens (tertiary/aromatic N) is 2. The average Bonchev–Trinajstić information content (AvgIpc) is 3.39. The fraction of sp³-hybridized carbons (Fsp3) is 0.519. The van der Waals surface area contributed by atoms with E-state index in [-0.39, 0.29) is 40.9 Å². The number of ketones is 1. The summed E-state index contributed by atoms with van der Waals surface area (Å²) in [6.45, 7) is 2.38. The van der Waals surface area contributed by atoms with Crippen molar-refractivity contribution in [1.29, 1.82) is 10.8 Å². The number of nitrogens with two attached hydrogens (primary N) is 2. The maximum absolute atomic E-state index is 13.7. The standard InChI is InChI=1S/C27H40N10O4S/c1-16(38)34-19(10-7-14-33-27(30)31)25(41)37-15-5-4-11-20(37)23(40)35-18(9-6-13-32-26(28)29)22(39)24-36-17-8-2-3-12-21(17)42-24/h2-3,8,12,18-20H,4-7,9-11,13-15H2,1H3,(H,34,38)(H,35,40)(H4,28,29,32)(H4,30,31,33)/t18-,19+,20-/m0/s1. The molecule has 0 aliphatic carbocycles. The first-order valence-corrected chi connectivity index (χ1v) is 14.8. The zero-order valence-corrected chi connectivity index (χ0v) is 24.5. The van der Waals surface area contributed by atoms with E-state index in [1.54, 1.807) is 0 Å². The van der Waals surface area contributed by atoms with Crippen LogP contribution in [0.3, 0.4) is 0 Å². The number of thiazole rings is 1. The quantitative estimate of drug-likeness (QED) is 0.0647. The highest BCUT2D eigenvalue weighted by Gasteiger charge is 2.37. The van der Waals surface area contributed by atoms with Crippen LogP contribution >= 0.6 is 11.3 Å². The van der Waals surface area contributed by atoms with Crippen molar-refractivity contribution in [2.24, 2.45) is 11.5 Å². The van der Waals surface area contributed by atoms with Crippen molar-refractivity contribution in [2.45, 2.75) is 70.0 Å². The molecule has 1 aromatic heterocycles. The van der Waals surface area contributed by atoms with Crippen LogP contribution in [0.1, 0.15) is 61.7 Å². The predicted molar refractivity (Wildman–Crippen MR) is 161 cm³/mol. The second kappa shape index (κ2) is 15.7. The summed E-state index contributed by atoms with van der Waals surface area (Å²) in [5.74, 6) is -1.87. The summed E-state index contributed by atoms with van der Waals surface area (Å²) in [6.07, 6.45) is 3.35. The summed E-state index contributed by atoms with van der Waals surface area (Å²) in [7, 11) is 0. The van der Waals surface area contributed by atoms with Gasteiger partial charge in [-0.2, -0.15) is 0 Å². The van der Waals surface area contributed by atoms with Crippen LogP contribution in [0.2, 0.25) is 0 Å². The molecule has 0 spiro atoms. The second-order valence-electron chi connectivity index (χ2n) is 10.2. The maximum atomic E-state index is 13.7. The number of amides is 3. The smallest absolute Gasteiger partial charge is 0.245 e. The Bertz CT molecular complexity index is 1270. The Morgan fingerprint density at radius 3 is 2.26 bits per heavy atom. The molecule has 3 amide bonds. The number of carbonyl (C=O) groups is 4. The molecule has 3 atom stereocenters. The van der Waals surface area contributed by atoms with Gasteiger partial charge in [-0.15, -0.1) is 11.3 Å². The van der Waals surface area contributed by atoms with Gasteiger partial charge in [-0.1, -0.05) is 12.1 Å². The van der Waals surface area contributed by atoms with E-state index in [1.807, 2.05) is 24.3 Å². The zero-order chi connectivity index (χ0) is 30.6. The Morgan fingerprint density at radius 2 is 1.64 bits per heavy atom. The Hall–Kier alpha value is -4.27. The summed E-state index contributed by atoms with van der Waals surface area (Å²) in [6, 6.07) is 4.85. The van der Waals surface area contributed by atoms with Gasteiger partial charge >= 0.3 is 0 Å². The average molecular weight is 601 g/mol. The van der Waals surface area contributed by atoms with Crippen molar-refractivity contribution in [1.82, 2.24) is 31.2 Å². The molecule has 42 heavy (non-hydrogen) atoms. The molecule has 0 radical (unpaired) electrons. The number of piperidine rings is 1. The summed E-state index contributed by atoms with van der Waals surface area (Å²) in [4.78, 5) is 58.7. The van der Waals surface area contributed by atoms with E-state index in [1.165, 1.54) is 23.2 Å². The molecule has 1 aromatic carbocycles. The van der Waals surface area contributed by atoms with E-state index in [0.29, 0.717) is 57.3 Å². The zero-order valence-electron chi connectivity index (χ0n) is 23.7. The summed E-state index contributed by atoms with van der Waals surface area (Å²) in [5.41, 5.74) is 11.4. The third kappa shape index (κ3) is 9.39. The first kappa shape index (κ1) is 32.2. The molecule has 1 saturated heterocycles. The van der Waals surface area contributed by atoms with Gasteiger partial charge in [0.05, 0.1) is 16.3 Å². The lowest BCUT2D eigenvalue weighted by molar-refractivity contribution is -0.145. The third-order valence-electron chi connectivity index (χ3n) is 6.87. The number of aromatic nitrogens is 1. The Morgan fingerprint density at radius 1 is 1.00 bits per heavy atom. The maximum Gasteiger partial charge on any atom is 0.245 e. The lowest BCUT2D eigenvalue weighted by Crippen LogP contribution is -2.58. The van der Waals surface area contributed by atoms with Crippen molar-refractivity contribution in [3.8, 4) is 0 Å². The van der Waals surface area contributed by atoms with Crippen molar-refractivity contribution < 1.29 is 19.2 Å². The lowest BCUT2D eigenvalue weighted by Gasteiger charge is -2.37. The number of benzene rings is 1. The Kier molecular flexibility index (Phi) is 12.0. The monoisotopic (exact) mass is 600 g/mol. The molecule has 10 N–H and O–H groups in total. The number of Topliss-reactive ketones (excluding diaryl/α,β-unsaturated/α-hetero) is 1. The van der Waals surface area contributed by atoms with E-state index in [9.17, 15) is 19.2 Å². The van der Waals surface area contributed by atoms with Crippen LogP contribution in [0.25, 0.3) is 10.2 Å². The van der Waals surface area contributed by atoms with Crippen molar-refractivity contribution in [3.63, 3.8) is 0 Å². The normalized spacial score (nSPS) is 16.2. The van der Waals surface area contributed by atoms with E-state index >= 15 is 0 Å². The highest BCUT2D eigenvalue weighted by Crippen LogP contribution is 2.24. The van der Waals surface area contributed by atoms with Gasteiger partial charge in [0.2, 0.25) is 23.5 Å². The largest absolute Gasteiger partial charge is 0.370 e. The van der Waals surface area contributed by atoms with Crippen LogP contribution in [-0.2, 0) is 14.4 Å². The molecule has 1 aliphatic rings. The van der Waals surface area contributed by atoms with Crippen LogP contribution in [-0.4, -0.2) is 83.1 Å². The lowest BCUT2D eigenvalue weighted by atomic mass is 9.98. The molecule has 2 aromatic rings. The van der Waals surface area contributed by atoms with Crippen LogP contribution in [0.15, 0.2) is 24.3 Å². The fourth-order valence-electron chi connectivity index (χ4n) is 4.89. The molecule has 1 fully saturated rings. The second-order valence-corrected chi connectivity index (χ2v) is 11.2. The van der Waals surface area contributed by atoms with Crippen molar-refractivity contribution in [2.75, 3.05) is 19.6 Å². The Balaban J connectivity index is 1.76. The molecule has 1 aliphatic heterocycles. The van der Waals surface area contributed by atoms with E-state index < -0.39 is 24.0 Å². The number of hydrogen-bond acceptors (Lipinski definition) is 8. The van der Waals surface area contributed by atoms with Gasteiger partial charge in [-0.25, -0.2) is 4.98 Å². The molecule has 228 valence electrons. The molecule has 14 nitrogen and oxygen atoms in total. The summed E-state index contributed by atoms with van der Waals surface area (Å²) >= 11 is 1.25. The van der Waals surface area contributed by atoms with Gasteiger partial charge < -0.3 is 37.6 Å². The molecule has 0 bridgehead atoms. The topological polar surface area (TPSA) is 232 Å². The van der Waals surface area contributed by atoms with Crippen LogP contribution in [0.4, 0.5) is 0 Å². The van der Waals surface area contributed by atoms with Gasteiger partial charge in [0.1, 0.15) is 12.1 Å². The van der Waals surface area contributed by atoms with Gasteiger partial charge in [0.25, 0.3) is 0 Å². The third-order valence-corrected chi connectivity index (χ3v) is 7.92. The molecular formula is C27H40N10O4S. The SMILES string of the molecule is CC(=O)N[C@H](CCCNC(=N)N)C(=O)N1CCCC[C@H]1C(=O)N[C@@H](CCCNC(=N)N)C(=O)c1nc2ccccc2s1. The van der Waals surface area contributed by atoms with Gasteiger partial charge in [0.15, 0.2) is 16.9 Å². The van der Waals surface area contributed by atoms with Crippen molar-refractivity contribution >= 4 is 57.0 Å². The Labute approximate surface area is 248 Å². The van der Waals surface area contributed by atoms with Crippen LogP contribution in [0.5, 0.6) is 0 Å². The summed E-state index contributed by atoms with van der Waals surface area (Å²) in [5, 5.41) is 25.9. The molecule has 2 heterocycles. The van der Waals surface area contributed by atoms with Gasteiger partial charge in [-0.3, -0.25) is 30.0 Å². The van der Waals surface area contributed by atoms with Gasteiger partial charge in [0, 0.05) is 26.6 Å². The minimum absolute atomic E-state index is 0.183. The number of likely N-dealkylation sites (tertiary alicyclic amines) is 1. The van der Waals surface area contributed by atoms with Crippen LogP contribution in [0, 0.1) is 10.8 Å². The number of carbonyl (C=O) groups excluding carboxylic acids is 4. The number of para-hydroxylation sites is 1.